The SMILES string of the molecule is C[C@]1(O)C[C@H](NC(=O)CN2C[C@@]3(C[C@H]3F)c3c(ccc(I)c3F)C2=O)C1. The van der Waals surface area contributed by atoms with Crippen LogP contribution in [0.4, 0.5) is 8.78 Å². The van der Waals surface area contributed by atoms with Crippen LogP contribution in [0.2, 0.25) is 0 Å². The van der Waals surface area contributed by atoms with Gasteiger partial charge in [0, 0.05) is 27.3 Å². The van der Waals surface area contributed by atoms with E-state index in [2.05, 4.69) is 5.32 Å². The molecule has 2 amide bonds. The van der Waals surface area contributed by atoms with Crippen molar-refractivity contribution in [3.05, 3.63) is 32.6 Å². The second kappa shape index (κ2) is 5.85. The van der Waals surface area contributed by atoms with E-state index in [0.29, 0.717) is 16.4 Å². The highest BCUT2D eigenvalue weighted by Gasteiger charge is 2.62. The molecule has 8 heteroatoms. The van der Waals surface area contributed by atoms with Gasteiger partial charge in [0.15, 0.2) is 0 Å². The first-order valence-electron chi connectivity index (χ1n) is 8.56. The third-order valence-corrected chi connectivity index (χ3v) is 6.47. The standard InChI is InChI=1S/C18H19F2IN2O3/c1-17(26)4-9(5-17)22-13(24)7-23-8-18(6-12(18)19)14-10(16(23)25)2-3-11(21)15(14)20/h2-3,9,12,26H,4-8H2,1H3,(H,22,24)/t9-,12-,17-,18-/m1/s1. The monoisotopic (exact) mass is 476 g/mol. The number of nitrogens with one attached hydrogen (secondary N) is 1. The molecular weight excluding hydrogens is 457 g/mol. The number of carbonyl (C=O) groups excluding carboxylic acids is 2. The lowest BCUT2D eigenvalue weighted by Crippen LogP contribution is -2.56. The number of benzene rings is 1. The van der Waals surface area contributed by atoms with Gasteiger partial charge in [-0.25, -0.2) is 8.78 Å². The molecular formula is C18H19F2IN2O3. The zero-order chi connectivity index (χ0) is 18.9. The van der Waals surface area contributed by atoms with Gasteiger partial charge in [-0.05, 0) is 60.9 Å². The van der Waals surface area contributed by atoms with Gasteiger partial charge < -0.3 is 15.3 Å². The molecule has 1 aromatic carbocycles. The fraction of sp³-hybridized carbons (Fsp3) is 0.556. The molecule has 1 spiro atoms. The van der Waals surface area contributed by atoms with Crippen molar-refractivity contribution >= 4 is 34.4 Å². The number of fused-ring (bicyclic) bond motifs is 2. The highest BCUT2D eigenvalue weighted by atomic mass is 127. The summed E-state index contributed by atoms with van der Waals surface area (Å²) in [4.78, 5) is 26.3. The van der Waals surface area contributed by atoms with Gasteiger partial charge in [0.2, 0.25) is 5.91 Å². The van der Waals surface area contributed by atoms with Crippen LogP contribution < -0.4 is 5.32 Å². The summed E-state index contributed by atoms with van der Waals surface area (Å²) in [6, 6.07) is 2.89. The normalized spacial score (nSPS) is 35.1. The average Bonchev–Trinajstić information content (AvgIpc) is 3.15. The van der Waals surface area contributed by atoms with Gasteiger partial charge >= 0.3 is 0 Å². The van der Waals surface area contributed by atoms with E-state index in [-0.39, 0.29) is 42.6 Å². The van der Waals surface area contributed by atoms with Gasteiger partial charge in [0.25, 0.3) is 5.91 Å². The molecule has 0 unspecified atom stereocenters. The minimum absolute atomic E-state index is 0.00676. The summed E-state index contributed by atoms with van der Waals surface area (Å²) in [5.41, 5.74) is -1.48. The predicted molar refractivity (Wildman–Crippen MR) is 98.0 cm³/mol. The van der Waals surface area contributed by atoms with Gasteiger partial charge in [0.1, 0.15) is 12.0 Å². The van der Waals surface area contributed by atoms with E-state index in [0.717, 1.165) is 0 Å². The maximum Gasteiger partial charge on any atom is 0.254 e. The molecule has 3 aliphatic rings. The summed E-state index contributed by atoms with van der Waals surface area (Å²) in [7, 11) is 0. The van der Waals surface area contributed by atoms with Crippen molar-refractivity contribution in [3.8, 4) is 0 Å². The molecule has 2 fully saturated rings. The predicted octanol–water partition coefficient (Wildman–Crippen LogP) is 1.90. The lowest BCUT2D eigenvalue weighted by Gasteiger charge is -2.41. The number of hydrogen-bond donors (Lipinski definition) is 2. The maximum atomic E-state index is 14.6. The number of carbonyl (C=O) groups is 2. The van der Waals surface area contributed by atoms with Crippen LogP contribution in [0.1, 0.15) is 42.1 Å². The molecule has 2 aliphatic carbocycles. The number of alkyl halides is 1. The Bertz CT molecular complexity index is 808. The minimum Gasteiger partial charge on any atom is -0.390 e. The fourth-order valence-corrected chi connectivity index (χ4v) is 4.69. The number of amides is 2. The molecule has 26 heavy (non-hydrogen) atoms. The van der Waals surface area contributed by atoms with Gasteiger partial charge in [-0.1, -0.05) is 0 Å². The Labute approximate surface area is 163 Å². The molecule has 4 rings (SSSR count). The first-order valence-corrected chi connectivity index (χ1v) is 9.64. The van der Waals surface area contributed by atoms with Crippen molar-refractivity contribution in [2.45, 2.75) is 49.4 Å². The molecule has 2 atom stereocenters. The molecule has 5 nitrogen and oxygen atoms in total. The van der Waals surface area contributed by atoms with Crippen LogP contribution in [-0.4, -0.2) is 52.7 Å². The number of hydrogen-bond acceptors (Lipinski definition) is 3. The van der Waals surface area contributed by atoms with Crippen molar-refractivity contribution in [1.29, 1.82) is 0 Å². The van der Waals surface area contributed by atoms with Crippen molar-refractivity contribution in [2.75, 3.05) is 13.1 Å². The van der Waals surface area contributed by atoms with E-state index in [9.17, 15) is 23.5 Å². The molecule has 1 aliphatic heterocycles. The lowest BCUT2D eigenvalue weighted by molar-refractivity contribution is -0.125. The summed E-state index contributed by atoms with van der Waals surface area (Å²) >= 11 is 1.83. The first kappa shape index (κ1) is 18.1. The summed E-state index contributed by atoms with van der Waals surface area (Å²) in [6.45, 7) is 1.51. The van der Waals surface area contributed by atoms with Crippen molar-refractivity contribution in [1.82, 2.24) is 10.2 Å². The lowest BCUT2D eigenvalue weighted by atomic mass is 9.77. The van der Waals surface area contributed by atoms with E-state index in [1.807, 2.05) is 22.6 Å². The summed E-state index contributed by atoms with van der Waals surface area (Å²) < 4.78 is 29.2. The Morgan fingerprint density at radius 2 is 2.08 bits per heavy atom. The van der Waals surface area contributed by atoms with Gasteiger partial charge in [0.05, 0.1) is 17.6 Å². The Morgan fingerprint density at radius 3 is 2.65 bits per heavy atom. The number of halogens is 3. The van der Waals surface area contributed by atoms with Crippen LogP contribution in [0.15, 0.2) is 12.1 Å². The van der Waals surface area contributed by atoms with E-state index in [1.165, 1.54) is 17.0 Å². The number of rotatable bonds is 3. The van der Waals surface area contributed by atoms with Crippen LogP contribution >= 0.6 is 22.6 Å². The highest BCUT2D eigenvalue weighted by Crippen LogP contribution is 2.55. The fourth-order valence-electron chi connectivity index (χ4n) is 4.24. The second-order valence-electron chi connectivity index (χ2n) is 7.94. The van der Waals surface area contributed by atoms with Crippen molar-refractivity contribution < 1.29 is 23.5 Å². The van der Waals surface area contributed by atoms with E-state index in [4.69, 9.17) is 0 Å². The van der Waals surface area contributed by atoms with Crippen LogP contribution in [0.3, 0.4) is 0 Å². The molecule has 2 saturated carbocycles. The quantitative estimate of drug-likeness (QED) is 0.656. The summed E-state index contributed by atoms with van der Waals surface area (Å²) in [6.07, 6.45) is -0.117. The molecule has 0 saturated heterocycles. The molecule has 140 valence electrons. The maximum absolute atomic E-state index is 14.6. The third-order valence-electron chi connectivity index (χ3n) is 5.64. The Kier molecular flexibility index (Phi) is 4.07. The molecule has 1 heterocycles. The number of nitrogens with zero attached hydrogens (tertiary/aromatic N) is 1. The Hall–Kier alpha value is -1.29. The Morgan fingerprint density at radius 1 is 1.42 bits per heavy atom. The first-order chi connectivity index (χ1) is 12.1. The molecule has 2 N–H and O–H groups in total. The van der Waals surface area contributed by atoms with Gasteiger partial charge in [-0.3, -0.25) is 9.59 Å². The zero-order valence-electron chi connectivity index (χ0n) is 14.2. The molecule has 0 radical (unpaired) electrons. The topological polar surface area (TPSA) is 69.6 Å². The van der Waals surface area contributed by atoms with Crippen LogP contribution in [0.5, 0.6) is 0 Å². The molecule has 0 aromatic heterocycles. The smallest absolute Gasteiger partial charge is 0.254 e. The zero-order valence-corrected chi connectivity index (χ0v) is 16.3. The summed E-state index contributed by atoms with van der Waals surface area (Å²) in [5.74, 6) is -1.33. The second-order valence-corrected chi connectivity index (χ2v) is 9.10. The van der Waals surface area contributed by atoms with E-state index < -0.39 is 28.9 Å². The average molecular weight is 476 g/mol. The van der Waals surface area contributed by atoms with Crippen LogP contribution in [0, 0.1) is 9.39 Å². The van der Waals surface area contributed by atoms with Gasteiger partial charge in [-0.15, -0.1) is 0 Å². The molecule has 0 bridgehead atoms. The van der Waals surface area contributed by atoms with E-state index >= 15 is 0 Å². The van der Waals surface area contributed by atoms with Crippen molar-refractivity contribution in [3.63, 3.8) is 0 Å². The minimum atomic E-state index is -1.21. The highest BCUT2D eigenvalue weighted by molar-refractivity contribution is 14.1. The third kappa shape index (κ3) is 2.81. The Balaban J connectivity index is 1.53. The van der Waals surface area contributed by atoms with Crippen molar-refractivity contribution in [2.24, 2.45) is 0 Å². The largest absolute Gasteiger partial charge is 0.390 e. The van der Waals surface area contributed by atoms with E-state index in [1.54, 1.807) is 6.92 Å². The van der Waals surface area contributed by atoms with Crippen LogP contribution in [0.25, 0.3) is 0 Å². The molecule has 1 aromatic rings. The number of aliphatic hydroxyl groups is 1. The van der Waals surface area contributed by atoms with Gasteiger partial charge in [-0.2, -0.15) is 0 Å². The summed E-state index contributed by atoms with van der Waals surface area (Å²) in [5, 5.41) is 12.5. The van der Waals surface area contributed by atoms with Crippen LogP contribution in [-0.2, 0) is 10.2 Å².